The maximum absolute atomic E-state index is 12.2. The van der Waals surface area contributed by atoms with Crippen molar-refractivity contribution in [2.75, 3.05) is 11.5 Å². The molecule has 2 N–H and O–H groups in total. The maximum Gasteiger partial charge on any atom is 0.179 e. The van der Waals surface area contributed by atoms with E-state index in [1.165, 1.54) is 18.1 Å². The van der Waals surface area contributed by atoms with Gasteiger partial charge in [0.1, 0.15) is 6.33 Å². The summed E-state index contributed by atoms with van der Waals surface area (Å²) in [5, 5.41) is 0.769. The van der Waals surface area contributed by atoms with Crippen molar-refractivity contribution >= 4 is 21.6 Å². The van der Waals surface area contributed by atoms with E-state index in [1.54, 1.807) is 30.5 Å². The van der Waals surface area contributed by atoms with Crippen molar-refractivity contribution in [2.45, 2.75) is 16.5 Å². The molecule has 0 amide bonds. The zero-order valence-electron chi connectivity index (χ0n) is 10.8. The van der Waals surface area contributed by atoms with Crippen LogP contribution in [-0.4, -0.2) is 29.9 Å². The van der Waals surface area contributed by atoms with E-state index in [0.717, 1.165) is 10.6 Å². The third-order valence-electron chi connectivity index (χ3n) is 2.65. The van der Waals surface area contributed by atoms with Crippen LogP contribution in [0.3, 0.4) is 0 Å². The van der Waals surface area contributed by atoms with Crippen molar-refractivity contribution in [3.63, 3.8) is 0 Å². The number of hydrogen-bond acceptors (Lipinski definition) is 6. The highest BCUT2D eigenvalue weighted by atomic mass is 32.2. The Balaban J connectivity index is 2.00. The Labute approximate surface area is 122 Å². The van der Waals surface area contributed by atoms with Crippen LogP contribution in [0, 0.1) is 0 Å². The van der Waals surface area contributed by atoms with E-state index in [0.29, 0.717) is 17.2 Å². The van der Waals surface area contributed by atoms with E-state index in [2.05, 4.69) is 9.97 Å². The van der Waals surface area contributed by atoms with Gasteiger partial charge in [0.05, 0.1) is 15.7 Å². The van der Waals surface area contributed by atoms with Gasteiger partial charge >= 0.3 is 0 Å². The minimum atomic E-state index is -3.28. The second-order valence-electron chi connectivity index (χ2n) is 4.07. The van der Waals surface area contributed by atoms with Crippen LogP contribution in [0.2, 0.25) is 0 Å². The van der Waals surface area contributed by atoms with E-state index in [-0.39, 0.29) is 5.75 Å². The van der Waals surface area contributed by atoms with Gasteiger partial charge in [-0.05, 0) is 23.8 Å². The highest BCUT2D eigenvalue weighted by Crippen LogP contribution is 2.18. The smallest absolute Gasteiger partial charge is 0.179 e. The van der Waals surface area contributed by atoms with Crippen molar-refractivity contribution in [3.05, 3.63) is 48.4 Å². The fourth-order valence-corrected chi connectivity index (χ4v) is 4.16. The fraction of sp³-hybridized carbons (Fsp3) is 0.231. The molecule has 0 spiro atoms. The van der Waals surface area contributed by atoms with E-state index >= 15 is 0 Å². The Bertz CT molecular complexity index is 660. The SMILES string of the molecule is NCc1cccc(S(=O)(=O)CCSc2ccncn2)c1. The van der Waals surface area contributed by atoms with Gasteiger partial charge in [-0.25, -0.2) is 18.4 Å². The summed E-state index contributed by atoms with van der Waals surface area (Å²) in [5.74, 6) is 0.516. The average molecular weight is 309 g/mol. The molecular formula is C13H15N3O2S2. The molecule has 1 heterocycles. The molecule has 0 radical (unpaired) electrons. The van der Waals surface area contributed by atoms with E-state index < -0.39 is 9.84 Å². The lowest BCUT2D eigenvalue weighted by molar-refractivity contribution is 0.597. The molecule has 0 aliphatic heterocycles. The summed E-state index contributed by atoms with van der Waals surface area (Å²) < 4.78 is 24.4. The molecule has 1 aromatic heterocycles. The lowest BCUT2D eigenvalue weighted by atomic mass is 10.2. The van der Waals surface area contributed by atoms with Gasteiger partial charge < -0.3 is 5.73 Å². The van der Waals surface area contributed by atoms with Crippen molar-refractivity contribution < 1.29 is 8.42 Å². The highest BCUT2D eigenvalue weighted by molar-refractivity contribution is 8.00. The molecule has 2 aromatic rings. The highest BCUT2D eigenvalue weighted by Gasteiger charge is 2.14. The molecule has 1 aromatic carbocycles. The van der Waals surface area contributed by atoms with Gasteiger partial charge in [0.25, 0.3) is 0 Å². The second kappa shape index (κ2) is 6.83. The van der Waals surface area contributed by atoms with Gasteiger partial charge in [-0.15, -0.1) is 11.8 Å². The van der Waals surface area contributed by atoms with Gasteiger partial charge in [-0.2, -0.15) is 0 Å². The average Bonchev–Trinajstić information content (AvgIpc) is 2.48. The first-order valence-corrected chi connectivity index (χ1v) is 8.66. The number of nitrogens with two attached hydrogens (primary N) is 1. The van der Waals surface area contributed by atoms with Gasteiger partial charge in [0.2, 0.25) is 0 Å². The molecular weight excluding hydrogens is 294 g/mol. The van der Waals surface area contributed by atoms with Crippen molar-refractivity contribution in [1.82, 2.24) is 9.97 Å². The summed E-state index contributed by atoms with van der Waals surface area (Å²) >= 11 is 1.40. The van der Waals surface area contributed by atoms with Gasteiger partial charge in [-0.1, -0.05) is 12.1 Å². The van der Waals surface area contributed by atoms with Crippen LogP contribution in [-0.2, 0) is 16.4 Å². The van der Waals surface area contributed by atoms with E-state index in [4.69, 9.17) is 5.73 Å². The molecule has 0 saturated heterocycles. The molecule has 0 saturated carbocycles. The quantitative estimate of drug-likeness (QED) is 0.643. The van der Waals surface area contributed by atoms with Crippen LogP contribution in [0.5, 0.6) is 0 Å². The first-order chi connectivity index (χ1) is 9.62. The van der Waals surface area contributed by atoms with Crippen molar-refractivity contribution in [1.29, 1.82) is 0 Å². The first kappa shape index (κ1) is 15.0. The number of hydrogen-bond donors (Lipinski definition) is 1. The van der Waals surface area contributed by atoms with E-state index in [1.807, 2.05) is 6.07 Å². The third-order valence-corrected chi connectivity index (χ3v) is 5.57. The largest absolute Gasteiger partial charge is 0.326 e. The Morgan fingerprint density at radius 3 is 2.80 bits per heavy atom. The topological polar surface area (TPSA) is 85.9 Å². The van der Waals surface area contributed by atoms with Crippen LogP contribution in [0.4, 0.5) is 0 Å². The lowest BCUT2D eigenvalue weighted by Crippen LogP contribution is -2.10. The number of sulfone groups is 1. The zero-order valence-corrected chi connectivity index (χ0v) is 12.4. The van der Waals surface area contributed by atoms with Gasteiger partial charge in [0.15, 0.2) is 9.84 Å². The molecule has 106 valence electrons. The lowest BCUT2D eigenvalue weighted by Gasteiger charge is -2.06. The summed E-state index contributed by atoms with van der Waals surface area (Å²) in [7, 11) is -3.28. The summed E-state index contributed by atoms with van der Waals surface area (Å²) in [6.45, 7) is 0.332. The Morgan fingerprint density at radius 1 is 1.25 bits per heavy atom. The predicted molar refractivity (Wildman–Crippen MR) is 79.1 cm³/mol. The monoisotopic (exact) mass is 309 g/mol. The molecule has 0 unspecified atom stereocenters. The maximum atomic E-state index is 12.2. The molecule has 0 atom stereocenters. The summed E-state index contributed by atoms with van der Waals surface area (Å²) in [4.78, 5) is 8.18. The van der Waals surface area contributed by atoms with Crippen LogP contribution in [0.15, 0.2) is 52.8 Å². The Hall–Kier alpha value is -1.44. The first-order valence-electron chi connectivity index (χ1n) is 6.02. The van der Waals surface area contributed by atoms with Crippen LogP contribution >= 0.6 is 11.8 Å². The summed E-state index contributed by atoms with van der Waals surface area (Å²) in [6, 6.07) is 8.52. The number of rotatable bonds is 6. The minimum absolute atomic E-state index is 0.0652. The Kier molecular flexibility index (Phi) is 5.11. The molecule has 0 bridgehead atoms. The van der Waals surface area contributed by atoms with Crippen molar-refractivity contribution in [2.24, 2.45) is 5.73 Å². The molecule has 2 rings (SSSR count). The third kappa shape index (κ3) is 4.03. The van der Waals surface area contributed by atoms with E-state index in [9.17, 15) is 8.42 Å². The number of thioether (sulfide) groups is 1. The normalized spacial score (nSPS) is 11.4. The Morgan fingerprint density at radius 2 is 2.10 bits per heavy atom. The molecule has 7 heteroatoms. The number of benzene rings is 1. The molecule has 0 aliphatic carbocycles. The zero-order chi connectivity index (χ0) is 14.4. The number of aromatic nitrogens is 2. The van der Waals surface area contributed by atoms with Crippen molar-refractivity contribution in [3.8, 4) is 0 Å². The van der Waals surface area contributed by atoms with Gasteiger partial charge in [-0.3, -0.25) is 0 Å². The molecule has 5 nitrogen and oxygen atoms in total. The molecule has 0 fully saturated rings. The number of nitrogens with zero attached hydrogens (tertiary/aromatic N) is 2. The summed E-state index contributed by atoms with van der Waals surface area (Å²) in [5.41, 5.74) is 6.34. The minimum Gasteiger partial charge on any atom is -0.326 e. The summed E-state index contributed by atoms with van der Waals surface area (Å²) in [6.07, 6.45) is 3.08. The van der Waals surface area contributed by atoms with Crippen LogP contribution < -0.4 is 5.73 Å². The second-order valence-corrected chi connectivity index (χ2v) is 7.29. The predicted octanol–water partition coefficient (Wildman–Crippen LogP) is 1.50. The molecule has 20 heavy (non-hydrogen) atoms. The fourth-order valence-electron chi connectivity index (χ4n) is 1.60. The van der Waals surface area contributed by atoms with Crippen LogP contribution in [0.1, 0.15) is 5.56 Å². The van der Waals surface area contributed by atoms with Crippen LogP contribution in [0.25, 0.3) is 0 Å². The molecule has 0 aliphatic rings. The van der Waals surface area contributed by atoms with Gasteiger partial charge in [0, 0.05) is 18.5 Å². The standard InChI is InChI=1S/C13H15N3O2S2/c14-9-11-2-1-3-12(8-11)20(17,18)7-6-19-13-4-5-15-10-16-13/h1-5,8,10H,6-7,9,14H2.